The van der Waals surface area contributed by atoms with Gasteiger partial charge in [0, 0.05) is 34.9 Å². The fraction of sp³-hybridized carbons (Fsp3) is 0.344. The van der Waals surface area contributed by atoms with Crippen molar-refractivity contribution in [1.82, 2.24) is 10.3 Å². The van der Waals surface area contributed by atoms with Gasteiger partial charge in [0.05, 0.1) is 12.5 Å². The van der Waals surface area contributed by atoms with Gasteiger partial charge in [-0.05, 0) is 85.8 Å². The summed E-state index contributed by atoms with van der Waals surface area (Å²) in [6.07, 6.45) is 7.06. The predicted molar refractivity (Wildman–Crippen MR) is 153 cm³/mol. The molecule has 1 atom stereocenters. The van der Waals surface area contributed by atoms with Crippen LogP contribution in [0.5, 0.6) is 5.75 Å². The zero-order valence-electron chi connectivity index (χ0n) is 23.0. The summed E-state index contributed by atoms with van der Waals surface area (Å²) in [5.74, 6) is 0.151. The average molecular weight is 560 g/mol. The summed E-state index contributed by atoms with van der Waals surface area (Å²) in [5.41, 5.74) is 3.86. The monoisotopic (exact) mass is 559 g/mol. The number of nitrogens with zero attached hydrogens (tertiary/aromatic N) is 1. The summed E-state index contributed by atoms with van der Waals surface area (Å²) >= 11 is 0. The number of carbonyl (C=O) groups is 2. The first kappa shape index (κ1) is 28.1. The highest BCUT2D eigenvalue weighted by atomic mass is 19.1. The quantitative estimate of drug-likeness (QED) is 0.173. The van der Waals surface area contributed by atoms with Crippen LogP contribution in [0.4, 0.5) is 10.1 Å². The molecule has 1 aliphatic rings. The van der Waals surface area contributed by atoms with E-state index in [0.717, 1.165) is 40.8 Å². The van der Waals surface area contributed by atoms with E-state index in [4.69, 9.17) is 14.3 Å². The third-order valence-corrected chi connectivity index (χ3v) is 7.64. The number of ether oxygens (including phenoxy) is 1. The molecule has 3 N–H and O–H groups in total. The average Bonchev–Trinajstić information content (AvgIpc) is 3.30. The number of anilines is 1. The van der Waals surface area contributed by atoms with Crippen LogP contribution in [-0.2, 0) is 11.4 Å². The number of pyridine rings is 1. The van der Waals surface area contributed by atoms with Gasteiger partial charge in [-0.3, -0.25) is 9.59 Å². The Morgan fingerprint density at radius 3 is 2.61 bits per heavy atom. The molecule has 0 aliphatic heterocycles. The normalized spacial score (nSPS) is 14.5. The molecule has 0 radical (unpaired) electrons. The molecule has 214 valence electrons. The predicted octanol–water partition coefficient (Wildman–Crippen LogP) is 6.79. The maximum Gasteiger partial charge on any atom is 0.305 e. The van der Waals surface area contributed by atoms with E-state index in [2.05, 4.69) is 22.5 Å². The Balaban J connectivity index is 1.35. The molecule has 0 spiro atoms. The molecule has 0 saturated heterocycles. The van der Waals surface area contributed by atoms with Gasteiger partial charge in [0.1, 0.15) is 23.7 Å². The minimum Gasteiger partial charge on any atom is -0.489 e. The second kappa shape index (κ2) is 12.8. The molecule has 2 heterocycles. The number of rotatable bonds is 11. The number of benzene rings is 2. The number of aliphatic carboxylic acids is 1. The van der Waals surface area contributed by atoms with E-state index < -0.39 is 11.9 Å². The number of carboxylic acid groups (broad SMARTS) is 1. The fourth-order valence-electron chi connectivity index (χ4n) is 5.45. The largest absolute Gasteiger partial charge is 0.489 e. The first-order valence-electron chi connectivity index (χ1n) is 14.0. The van der Waals surface area contributed by atoms with E-state index >= 15 is 0 Å². The van der Waals surface area contributed by atoms with Crippen LogP contribution in [0.25, 0.3) is 11.0 Å². The van der Waals surface area contributed by atoms with Gasteiger partial charge in [0.15, 0.2) is 0 Å². The van der Waals surface area contributed by atoms with E-state index in [-0.39, 0.29) is 31.5 Å². The van der Waals surface area contributed by atoms with Crippen LogP contribution in [-0.4, -0.2) is 28.5 Å². The Kier molecular flexibility index (Phi) is 8.82. The number of carboxylic acids is 1. The number of hydrogen-bond donors (Lipinski definition) is 3. The molecule has 41 heavy (non-hydrogen) atoms. The third kappa shape index (κ3) is 7.03. The Morgan fingerprint density at radius 2 is 1.88 bits per heavy atom. The molecule has 1 aliphatic carbocycles. The molecular formula is C32H34FN3O5. The van der Waals surface area contributed by atoms with Gasteiger partial charge < -0.3 is 24.9 Å². The highest BCUT2D eigenvalue weighted by molar-refractivity contribution is 5.94. The van der Waals surface area contributed by atoms with Crippen LogP contribution in [0.2, 0.25) is 0 Å². The van der Waals surface area contributed by atoms with E-state index in [1.165, 1.54) is 31.5 Å². The van der Waals surface area contributed by atoms with Crippen LogP contribution >= 0.6 is 0 Å². The van der Waals surface area contributed by atoms with Gasteiger partial charge in [-0.15, -0.1) is 0 Å². The maximum absolute atomic E-state index is 13.4. The number of hydrogen-bond acceptors (Lipinski definition) is 6. The molecule has 2 aromatic carbocycles. The minimum atomic E-state index is -0.954. The SMILES string of the molecule is Cc1c(C(Nc2ccc(C(=O)NCCC(=O)O)cc2)C2CCCCC2)oc2ccc(OCc3ccnc(F)c3)cc12. The smallest absolute Gasteiger partial charge is 0.305 e. The van der Waals surface area contributed by atoms with Gasteiger partial charge >= 0.3 is 5.97 Å². The highest BCUT2D eigenvalue weighted by Crippen LogP contribution is 2.41. The summed E-state index contributed by atoms with van der Waals surface area (Å²) in [7, 11) is 0. The molecule has 2 aromatic heterocycles. The second-order valence-corrected chi connectivity index (χ2v) is 10.5. The van der Waals surface area contributed by atoms with Crippen molar-refractivity contribution in [2.45, 2.75) is 58.1 Å². The van der Waals surface area contributed by atoms with Crippen LogP contribution < -0.4 is 15.4 Å². The lowest BCUT2D eigenvalue weighted by Gasteiger charge is -2.31. The summed E-state index contributed by atoms with van der Waals surface area (Å²) in [4.78, 5) is 26.7. The van der Waals surface area contributed by atoms with Crippen molar-refractivity contribution in [2.24, 2.45) is 5.92 Å². The molecule has 1 amide bonds. The molecule has 8 nitrogen and oxygen atoms in total. The topological polar surface area (TPSA) is 114 Å². The first-order chi connectivity index (χ1) is 19.9. The van der Waals surface area contributed by atoms with Crippen molar-refractivity contribution >= 4 is 28.5 Å². The Labute approximate surface area is 237 Å². The van der Waals surface area contributed by atoms with Crippen molar-refractivity contribution < 1.29 is 28.2 Å². The van der Waals surface area contributed by atoms with Crippen molar-refractivity contribution in [1.29, 1.82) is 0 Å². The van der Waals surface area contributed by atoms with Gasteiger partial charge in [0.2, 0.25) is 5.95 Å². The Bertz CT molecular complexity index is 1510. The van der Waals surface area contributed by atoms with Crippen LogP contribution in [0, 0.1) is 18.8 Å². The molecular weight excluding hydrogens is 525 g/mol. The summed E-state index contributed by atoms with van der Waals surface area (Å²) < 4.78 is 25.8. The third-order valence-electron chi connectivity index (χ3n) is 7.64. The van der Waals surface area contributed by atoms with Gasteiger partial charge in [-0.2, -0.15) is 4.39 Å². The number of amides is 1. The van der Waals surface area contributed by atoms with Crippen molar-refractivity contribution in [3.63, 3.8) is 0 Å². The van der Waals surface area contributed by atoms with Crippen molar-refractivity contribution in [2.75, 3.05) is 11.9 Å². The van der Waals surface area contributed by atoms with Gasteiger partial charge in [0.25, 0.3) is 5.91 Å². The lowest BCUT2D eigenvalue weighted by Crippen LogP contribution is -2.26. The summed E-state index contributed by atoms with van der Waals surface area (Å²) in [6.45, 7) is 2.37. The minimum absolute atomic E-state index is 0.0536. The fourth-order valence-corrected chi connectivity index (χ4v) is 5.45. The number of carbonyl (C=O) groups excluding carboxylic acids is 1. The lowest BCUT2D eigenvalue weighted by atomic mass is 9.82. The second-order valence-electron chi connectivity index (χ2n) is 10.5. The van der Waals surface area contributed by atoms with Crippen LogP contribution in [0.3, 0.4) is 0 Å². The van der Waals surface area contributed by atoms with E-state index in [1.54, 1.807) is 18.2 Å². The summed E-state index contributed by atoms with van der Waals surface area (Å²) in [5, 5.41) is 16.1. The number of aromatic nitrogens is 1. The molecule has 5 rings (SSSR count). The maximum atomic E-state index is 13.4. The number of fused-ring (bicyclic) bond motifs is 1. The van der Waals surface area contributed by atoms with Gasteiger partial charge in [-0.1, -0.05) is 19.3 Å². The van der Waals surface area contributed by atoms with Gasteiger partial charge in [-0.25, -0.2) is 4.98 Å². The number of aryl methyl sites for hydroxylation is 1. The zero-order chi connectivity index (χ0) is 28.8. The molecule has 4 aromatic rings. The zero-order valence-corrected chi connectivity index (χ0v) is 23.0. The molecule has 0 bridgehead atoms. The number of furan rings is 1. The molecule has 9 heteroatoms. The summed E-state index contributed by atoms with van der Waals surface area (Å²) in [6, 6.07) is 16.0. The van der Waals surface area contributed by atoms with Crippen molar-refractivity contribution in [3.05, 3.63) is 89.2 Å². The molecule has 1 fully saturated rings. The van der Waals surface area contributed by atoms with E-state index in [0.29, 0.717) is 22.8 Å². The highest BCUT2D eigenvalue weighted by Gasteiger charge is 2.30. The number of nitrogens with one attached hydrogen (secondary N) is 2. The Hall–Kier alpha value is -4.40. The number of halogens is 1. The molecule has 1 saturated carbocycles. The first-order valence-corrected chi connectivity index (χ1v) is 14.0. The lowest BCUT2D eigenvalue weighted by molar-refractivity contribution is -0.136. The molecule has 1 unspecified atom stereocenters. The van der Waals surface area contributed by atoms with E-state index in [9.17, 15) is 14.0 Å². The standard InChI is InChI=1S/C32H34FN3O5/c1-20-26-18-25(40-19-21-13-15-34-28(33)17-21)11-12-27(26)41-31(20)30(22-5-3-2-4-6-22)36-24-9-7-23(8-10-24)32(39)35-16-14-29(37)38/h7-13,15,17-18,22,30,36H,2-6,14,16,19H2,1H3,(H,35,39)(H,37,38). The Morgan fingerprint density at radius 1 is 1.10 bits per heavy atom. The van der Waals surface area contributed by atoms with Crippen LogP contribution in [0.15, 0.2) is 65.2 Å². The van der Waals surface area contributed by atoms with E-state index in [1.807, 2.05) is 30.3 Å². The van der Waals surface area contributed by atoms with Crippen molar-refractivity contribution in [3.8, 4) is 5.75 Å². The van der Waals surface area contributed by atoms with Crippen LogP contribution in [0.1, 0.15) is 71.8 Å².